The van der Waals surface area contributed by atoms with Crippen LogP contribution in [-0.4, -0.2) is 52.9 Å². The van der Waals surface area contributed by atoms with Crippen molar-refractivity contribution in [3.05, 3.63) is 47.0 Å². The number of nitrogens with zero attached hydrogens (tertiary/aromatic N) is 5. The summed E-state index contributed by atoms with van der Waals surface area (Å²) in [6, 6.07) is 4.44. The first-order chi connectivity index (χ1) is 14.0. The van der Waals surface area contributed by atoms with Crippen LogP contribution < -0.4 is 4.90 Å². The lowest BCUT2D eigenvalue weighted by molar-refractivity contribution is -0.384. The molecule has 1 unspecified atom stereocenters. The molecule has 2 saturated heterocycles. The van der Waals surface area contributed by atoms with Gasteiger partial charge in [0, 0.05) is 50.7 Å². The Bertz CT molecular complexity index is 970. The van der Waals surface area contributed by atoms with Crippen LogP contribution in [0.3, 0.4) is 0 Å². The number of imidazole rings is 1. The highest BCUT2D eigenvalue weighted by molar-refractivity contribution is 7.89. The number of piperidine rings is 1. The van der Waals surface area contributed by atoms with Gasteiger partial charge in [-0.25, -0.2) is 13.4 Å². The van der Waals surface area contributed by atoms with E-state index >= 15 is 0 Å². The minimum atomic E-state index is -3.71. The van der Waals surface area contributed by atoms with Crippen LogP contribution in [0, 0.1) is 10.1 Å². The molecule has 0 N–H and O–H groups in total. The van der Waals surface area contributed by atoms with E-state index in [0.29, 0.717) is 31.9 Å². The van der Waals surface area contributed by atoms with Gasteiger partial charge < -0.3 is 9.47 Å². The second kappa shape index (κ2) is 8.11. The molecule has 1 aromatic heterocycles. The van der Waals surface area contributed by atoms with Crippen molar-refractivity contribution in [2.24, 2.45) is 0 Å². The van der Waals surface area contributed by atoms with Gasteiger partial charge in [-0.3, -0.25) is 10.1 Å². The first-order valence-electron chi connectivity index (χ1n) is 9.98. The third-order valence-corrected chi connectivity index (χ3v) is 7.66. The van der Waals surface area contributed by atoms with Gasteiger partial charge in [0.1, 0.15) is 5.69 Å². The molecule has 9 nitrogen and oxygen atoms in total. The molecule has 4 rings (SSSR count). The molecule has 2 fully saturated rings. The minimum absolute atomic E-state index is 0.000191. The highest BCUT2D eigenvalue weighted by Crippen LogP contribution is 2.36. The van der Waals surface area contributed by atoms with E-state index in [1.54, 1.807) is 18.6 Å². The normalized spacial score (nSPS) is 20.8. The average Bonchev–Trinajstić information content (AvgIpc) is 3.40. The van der Waals surface area contributed by atoms with Crippen molar-refractivity contribution in [2.45, 2.75) is 49.6 Å². The summed E-state index contributed by atoms with van der Waals surface area (Å²) >= 11 is 0. The summed E-state index contributed by atoms with van der Waals surface area (Å²) in [4.78, 5) is 17.4. The molecule has 0 aliphatic carbocycles. The largest absolute Gasteiger partial charge is 0.361 e. The summed E-state index contributed by atoms with van der Waals surface area (Å²) in [5, 5.41) is 11.8. The third kappa shape index (κ3) is 3.99. The van der Waals surface area contributed by atoms with E-state index < -0.39 is 14.9 Å². The molecule has 10 heteroatoms. The van der Waals surface area contributed by atoms with Crippen LogP contribution in [0.15, 0.2) is 41.8 Å². The average molecular weight is 420 g/mol. The first-order valence-corrected chi connectivity index (χ1v) is 11.4. The van der Waals surface area contributed by atoms with Gasteiger partial charge in [0.15, 0.2) is 0 Å². The van der Waals surface area contributed by atoms with E-state index in [2.05, 4.69) is 4.98 Å². The molecule has 1 atom stereocenters. The van der Waals surface area contributed by atoms with Gasteiger partial charge in [0.25, 0.3) is 5.69 Å². The van der Waals surface area contributed by atoms with Crippen LogP contribution in [0.2, 0.25) is 0 Å². The van der Waals surface area contributed by atoms with Crippen LogP contribution in [0.1, 0.15) is 32.1 Å². The van der Waals surface area contributed by atoms with Crippen molar-refractivity contribution in [1.82, 2.24) is 13.9 Å². The zero-order valence-electron chi connectivity index (χ0n) is 16.2. The van der Waals surface area contributed by atoms with Crippen molar-refractivity contribution in [2.75, 3.05) is 24.5 Å². The molecule has 29 heavy (non-hydrogen) atoms. The Hall–Kier alpha value is -2.46. The third-order valence-electron chi connectivity index (χ3n) is 5.76. The molecule has 2 aliphatic heterocycles. The number of hydrogen-bond acceptors (Lipinski definition) is 6. The predicted molar refractivity (Wildman–Crippen MR) is 108 cm³/mol. The lowest BCUT2D eigenvalue weighted by atomic mass is 10.2. The topological polar surface area (TPSA) is 102 Å². The second-order valence-corrected chi connectivity index (χ2v) is 9.56. The summed E-state index contributed by atoms with van der Waals surface area (Å²) in [7, 11) is -3.71. The van der Waals surface area contributed by atoms with Crippen molar-refractivity contribution >= 4 is 21.4 Å². The lowest BCUT2D eigenvalue weighted by Gasteiger charge is -2.28. The van der Waals surface area contributed by atoms with Crippen molar-refractivity contribution in [3.63, 3.8) is 0 Å². The molecule has 0 bridgehead atoms. The van der Waals surface area contributed by atoms with E-state index in [1.807, 2.05) is 15.7 Å². The number of nitro groups is 1. The van der Waals surface area contributed by atoms with Crippen LogP contribution >= 0.6 is 0 Å². The standard InChI is InChI=1S/C19H25N5O4S/c25-24(26)19-13-17(29(27,28)22-9-2-1-3-10-22)6-7-18(19)23-11-4-5-16(23)14-21-12-8-20-15-21/h6-8,12-13,15-16H,1-5,9-11,14H2. The fourth-order valence-electron chi connectivity index (χ4n) is 4.29. The molecule has 2 aromatic rings. The van der Waals surface area contributed by atoms with Crippen molar-refractivity contribution in [1.29, 1.82) is 0 Å². The zero-order valence-corrected chi connectivity index (χ0v) is 17.0. The van der Waals surface area contributed by atoms with Crippen molar-refractivity contribution in [3.8, 4) is 0 Å². The van der Waals surface area contributed by atoms with Crippen LogP contribution in [0.5, 0.6) is 0 Å². The van der Waals surface area contributed by atoms with Crippen molar-refractivity contribution < 1.29 is 13.3 Å². The maximum Gasteiger partial charge on any atom is 0.293 e. The van der Waals surface area contributed by atoms with Crippen LogP contribution in [-0.2, 0) is 16.6 Å². The van der Waals surface area contributed by atoms with Crippen LogP contribution in [0.25, 0.3) is 0 Å². The highest BCUT2D eigenvalue weighted by Gasteiger charge is 2.33. The number of rotatable bonds is 6. The quantitative estimate of drug-likeness (QED) is 0.527. The van der Waals surface area contributed by atoms with E-state index in [-0.39, 0.29) is 16.6 Å². The Labute approximate surface area is 170 Å². The summed E-state index contributed by atoms with van der Waals surface area (Å²) < 4.78 is 29.3. The van der Waals surface area contributed by atoms with Gasteiger partial charge >= 0.3 is 0 Å². The summed E-state index contributed by atoms with van der Waals surface area (Å²) in [5.74, 6) is 0. The number of benzene rings is 1. The highest BCUT2D eigenvalue weighted by atomic mass is 32.2. The smallest absolute Gasteiger partial charge is 0.293 e. The number of sulfonamides is 1. The predicted octanol–water partition coefficient (Wildman–Crippen LogP) is 2.63. The van der Waals surface area contributed by atoms with Gasteiger partial charge in [-0.05, 0) is 37.8 Å². The molecule has 3 heterocycles. The van der Waals surface area contributed by atoms with Crippen LogP contribution in [0.4, 0.5) is 11.4 Å². The molecule has 156 valence electrons. The summed E-state index contributed by atoms with van der Waals surface area (Å²) in [5.41, 5.74) is 0.329. The molecule has 0 amide bonds. The van der Waals surface area contributed by atoms with Gasteiger partial charge in [0.2, 0.25) is 10.0 Å². The maximum absolute atomic E-state index is 12.9. The molecule has 0 spiro atoms. The molecular formula is C19H25N5O4S. The number of hydrogen-bond donors (Lipinski definition) is 0. The Morgan fingerprint density at radius 2 is 1.93 bits per heavy atom. The summed E-state index contributed by atoms with van der Waals surface area (Å²) in [6.45, 7) is 2.33. The van der Waals surface area contributed by atoms with Gasteiger partial charge in [0.05, 0.1) is 16.1 Å². The van der Waals surface area contributed by atoms with E-state index in [9.17, 15) is 18.5 Å². The van der Waals surface area contributed by atoms with E-state index in [4.69, 9.17) is 0 Å². The Kier molecular flexibility index (Phi) is 5.55. The first kappa shape index (κ1) is 19.8. The maximum atomic E-state index is 12.9. The fraction of sp³-hybridized carbons (Fsp3) is 0.526. The Morgan fingerprint density at radius 3 is 2.62 bits per heavy atom. The van der Waals surface area contributed by atoms with Gasteiger partial charge in [-0.15, -0.1) is 0 Å². The number of nitro benzene ring substituents is 1. The molecule has 0 saturated carbocycles. The van der Waals surface area contributed by atoms with E-state index in [0.717, 1.165) is 32.1 Å². The number of aromatic nitrogens is 2. The molecule has 0 radical (unpaired) electrons. The molecule has 2 aliphatic rings. The fourth-order valence-corrected chi connectivity index (χ4v) is 5.83. The van der Waals surface area contributed by atoms with Gasteiger partial charge in [-0.2, -0.15) is 4.31 Å². The second-order valence-electron chi connectivity index (χ2n) is 7.62. The molecular weight excluding hydrogens is 394 g/mol. The zero-order chi connectivity index (χ0) is 20.4. The Balaban J connectivity index is 1.65. The Morgan fingerprint density at radius 1 is 1.14 bits per heavy atom. The number of anilines is 1. The monoisotopic (exact) mass is 419 g/mol. The minimum Gasteiger partial charge on any atom is -0.361 e. The van der Waals surface area contributed by atoms with Gasteiger partial charge in [-0.1, -0.05) is 6.42 Å². The summed E-state index contributed by atoms with van der Waals surface area (Å²) in [6.07, 6.45) is 9.83. The lowest BCUT2D eigenvalue weighted by Crippen LogP contribution is -2.36. The van der Waals surface area contributed by atoms with E-state index in [1.165, 1.54) is 16.4 Å². The SMILES string of the molecule is O=[N+]([O-])c1cc(S(=O)(=O)N2CCCCC2)ccc1N1CCCC1Cn1ccnc1. The molecule has 1 aromatic carbocycles.